The Bertz CT molecular complexity index is 590. The second-order valence-corrected chi connectivity index (χ2v) is 5.36. The number of methoxy groups -OCH3 is 1. The standard InChI is InChI=1S/C17H21NO3.ClH/c1-12(2)10-18-11-15-8-9-16(21-15)13-4-6-14(7-5-13)17(19)20-3;/h4-9,12,18H,10-11H2,1-3H3;1H. The molecule has 0 aliphatic carbocycles. The molecule has 22 heavy (non-hydrogen) atoms. The molecule has 0 atom stereocenters. The summed E-state index contributed by atoms with van der Waals surface area (Å²) in [4.78, 5) is 11.4. The van der Waals surface area contributed by atoms with Crippen molar-refractivity contribution in [3.8, 4) is 11.3 Å². The number of carbonyl (C=O) groups is 1. The molecule has 0 aliphatic heterocycles. The minimum atomic E-state index is -0.334. The van der Waals surface area contributed by atoms with E-state index in [4.69, 9.17) is 4.42 Å². The highest BCUT2D eigenvalue weighted by Crippen LogP contribution is 2.22. The molecule has 2 rings (SSSR count). The Hall–Kier alpha value is -1.78. The maximum Gasteiger partial charge on any atom is 0.337 e. The number of carbonyl (C=O) groups excluding carboxylic acids is 1. The van der Waals surface area contributed by atoms with Gasteiger partial charge in [-0.3, -0.25) is 0 Å². The Morgan fingerprint density at radius 3 is 2.45 bits per heavy atom. The summed E-state index contributed by atoms with van der Waals surface area (Å²) < 4.78 is 10.5. The zero-order valence-corrected chi connectivity index (χ0v) is 13.9. The Balaban J connectivity index is 0.00000242. The summed E-state index contributed by atoms with van der Waals surface area (Å²) in [7, 11) is 1.37. The molecule has 5 heteroatoms. The number of halogens is 1. The Morgan fingerprint density at radius 1 is 1.18 bits per heavy atom. The molecule has 0 amide bonds. The highest BCUT2D eigenvalue weighted by molar-refractivity contribution is 5.89. The molecule has 1 aromatic heterocycles. The smallest absolute Gasteiger partial charge is 0.337 e. The molecule has 0 radical (unpaired) electrons. The van der Waals surface area contributed by atoms with Gasteiger partial charge in [-0.1, -0.05) is 26.0 Å². The summed E-state index contributed by atoms with van der Waals surface area (Å²) in [5.41, 5.74) is 1.48. The third-order valence-corrected chi connectivity index (χ3v) is 3.10. The molecular formula is C17H22ClNO3. The van der Waals surface area contributed by atoms with Crippen LogP contribution in [0.25, 0.3) is 11.3 Å². The highest BCUT2D eigenvalue weighted by atomic mass is 35.5. The molecule has 0 spiro atoms. The number of hydrogen-bond acceptors (Lipinski definition) is 4. The fourth-order valence-corrected chi connectivity index (χ4v) is 2.00. The van der Waals surface area contributed by atoms with Crippen LogP contribution in [-0.4, -0.2) is 19.6 Å². The topological polar surface area (TPSA) is 51.5 Å². The van der Waals surface area contributed by atoms with Crippen molar-refractivity contribution in [1.29, 1.82) is 0 Å². The van der Waals surface area contributed by atoms with Gasteiger partial charge in [0.15, 0.2) is 0 Å². The van der Waals surface area contributed by atoms with E-state index >= 15 is 0 Å². The summed E-state index contributed by atoms with van der Waals surface area (Å²) in [6.45, 7) is 6.02. The van der Waals surface area contributed by atoms with E-state index in [1.54, 1.807) is 12.1 Å². The van der Waals surface area contributed by atoms with Crippen LogP contribution in [0.15, 0.2) is 40.8 Å². The van der Waals surface area contributed by atoms with Gasteiger partial charge in [-0.25, -0.2) is 4.79 Å². The lowest BCUT2D eigenvalue weighted by atomic mass is 10.1. The molecule has 1 aromatic carbocycles. The van der Waals surface area contributed by atoms with Crippen molar-refractivity contribution in [3.05, 3.63) is 47.7 Å². The molecule has 120 valence electrons. The van der Waals surface area contributed by atoms with E-state index in [-0.39, 0.29) is 18.4 Å². The van der Waals surface area contributed by atoms with Gasteiger partial charge in [0, 0.05) is 5.56 Å². The van der Waals surface area contributed by atoms with Crippen molar-refractivity contribution in [2.45, 2.75) is 20.4 Å². The van der Waals surface area contributed by atoms with Crippen molar-refractivity contribution in [2.75, 3.05) is 13.7 Å². The molecule has 0 fully saturated rings. The average Bonchev–Trinajstić information content (AvgIpc) is 2.95. The lowest BCUT2D eigenvalue weighted by Gasteiger charge is -2.05. The Morgan fingerprint density at radius 2 is 1.86 bits per heavy atom. The predicted octanol–water partition coefficient (Wildman–Crippen LogP) is 3.90. The van der Waals surface area contributed by atoms with Crippen LogP contribution in [-0.2, 0) is 11.3 Å². The maximum absolute atomic E-state index is 11.4. The normalized spacial score (nSPS) is 10.4. The Kier molecular flexibility index (Phi) is 7.15. The molecular weight excluding hydrogens is 302 g/mol. The van der Waals surface area contributed by atoms with Crippen LogP contribution in [0, 0.1) is 5.92 Å². The third kappa shape index (κ3) is 4.90. The van der Waals surface area contributed by atoms with Crippen LogP contribution < -0.4 is 5.32 Å². The molecule has 0 unspecified atom stereocenters. The second-order valence-electron chi connectivity index (χ2n) is 5.36. The number of esters is 1. The molecule has 4 nitrogen and oxygen atoms in total. The average molecular weight is 324 g/mol. The first-order chi connectivity index (χ1) is 10.1. The number of nitrogens with one attached hydrogen (secondary N) is 1. The summed E-state index contributed by atoms with van der Waals surface area (Å²) >= 11 is 0. The largest absolute Gasteiger partial charge is 0.465 e. The van der Waals surface area contributed by atoms with E-state index in [2.05, 4.69) is 23.9 Å². The van der Waals surface area contributed by atoms with Gasteiger partial charge in [0.2, 0.25) is 0 Å². The highest BCUT2D eigenvalue weighted by Gasteiger charge is 2.08. The zero-order chi connectivity index (χ0) is 15.2. The van der Waals surface area contributed by atoms with Gasteiger partial charge in [0.1, 0.15) is 11.5 Å². The van der Waals surface area contributed by atoms with E-state index in [1.807, 2.05) is 24.3 Å². The quantitative estimate of drug-likeness (QED) is 0.819. The lowest BCUT2D eigenvalue weighted by Crippen LogP contribution is -2.18. The van der Waals surface area contributed by atoms with Gasteiger partial charge in [-0.05, 0) is 36.7 Å². The van der Waals surface area contributed by atoms with E-state index < -0.39 is 0 Å². The van der Waals surface area contributed by atoms with Crippen LogP contribution in [0.3, 0.4) is 0 Å². The van der Waals surface area contributed by atoms with Crippen molar-refractivity contribution in [3.63, 3.8) is 0 Å². The number of rotatable bonds is 6. The third-order valence-electron chi connectivity index (χ3n) is 3.10. The summed E-state index contributed by atoms with van der Waals surface area (Å²) in [5.74, 6) is 1.99. The van der Waals surface area contributed by atoms with Crippen LogP contribution >= 0.6 is 12.4 Å². The van der Waals surface area contributed by atoms with Crippen LogP contribution in [0.1, 0.15) is 30.0 Å². The summed E-state index contributed by atoms with van der Waals surface area (Å²) in [6, 6.07) is 11.1. The van der Waals surface area contributed by atoms with E-state index in [9.17, 15) is 4.79 Å². The van der Waals surface area contributed by atoms with Crippen molar-refractivity contribution < 1.29 is 13.9 Å². The number of hydrogen-bond donors (Lipinski definition) is 1. The minimum Gasteiger partial charge on any atom is -0.465 e. The minimum absolute atomic E-state index is 0. The summed E-state index contributed by atoms with van der Waals surface area (Å²) in [5, 5.41) is 3.34. The molecule has 2 aromatic rings. The van der Waals surface area contributed by atoms with Crippen molar-refractivity contribution in [1.82, 2.24) is 5.32 Å². The number of benzene rings is 1. The SMILES string of the molecule is COC(=O)c1ccc(-c2ccc(CNCC(C)C)o2)cc1.Cl. The molecule has 1 N–H and O–H groups in total. The van der Waals surface area contributed by atoms with Gasteiger partial charge >= 0.3 is 5.97 Å². The molecule has 1 heterocycles. The van der Waals surface area contributed by atoms with Gasteiger partial charge in [-0.2, -0.15) is 0 Å². The van der Waals surface area contributed by atoms with Gasteiger partial charge in [-0.15, -0.1) is 12.4 Å². The first kappa shape index (κ1) is 18.3. The molecule has 0 aliphatic rings. The molecule has 0 saturated carbocycles. The zero-order valence-electron chi connectivity index (χ0n) is 13.1. The van der Waals surface area contributed by atoms with Gasteiger partial charge in [0.05, 0.1) is 19.2 Å². The van der Waals surface area contributed by atoms with Crippen LogP contribution in [0.2, 0.25) is 0 Å². The fourth-order valence-electron chi connectivity index (χ4n) is 2.00. The first-order valence-corrected chi connectivity index (χ1v) is 7.08. The van der Waals surface area contributed by atoms with Gasteiger partial charge in [0.25, 0.3) is 0 Å². The van der Waals surface area contributed by atoms with Gasteiger partial charge < -0.3 is 14.5 Å². The second kappa shape index (κ2) is 8.61. The maximum atomic E-state index is 11.4. The van der Waals surface area contributed by atoms with E-state index in [0.717, 1.165) is 30.2 Å². The Labute approximate surface area is 137 Å². The number of furan rings is 1. The summed E-state index contributed by atoms with van der Waals surface area (Å²) in [6.07, 6.45) is 0. The fraction of sp³-hybridized carbons (Fsp3) is 0.353. The van der Waals surface area contributed by atoms with Crippen molar-refractivity contribution >= 4 is 18.4 Å². The van der Waals surface area contributed by atoms with Crippen LogP contribution in [0.5, 0.6) is 0 Å². The predicted molar refractivity (Wildman–Crippen MR) is 89.3 cm³/mol. The molecule has 0 saturated heterocycles. The van der Waals surface area contributed by atoms with Crippen LogP contribution in [0.4, 0.5) is 0 Å². The molecule has 0 bridgehead atoms. The number of ether oxygens (including phenoxy) is 1. The van der Waals surface area contributed by atoms with E-state index in [0.29, 0.717) is 11.5 Å². The monoisotopic (exact) mass is 323 g/mol. The van der Waals surface area contributed by atoms with Crippen molar-refractivity contribution in [2.24, 2.45) is 5.92 Å². The lowest BCUT2D eigenvalue weighted by molar-refractivity contribution is 0.0601. The first-order valence-electron chi connectivity index (χ1n) is 7.08. The van der Waals surface area contributed by atoms with E-state index in [1.165, 1.54) is 7.11 Å².